The van der Waals surface area contributed by atoms with Crippen LogP contribution in [-0.4, -0.2) is 17.7 Å². The minimum atomic E-state index is -3.22. The molecule has 3 nitrogen and oxygen atoms in total. The third-order valence-electron chi connectivity index (χ3n) is 0.406. The summed E-state index contributed by atoms with van der Waals surface area (Å²) in [5, 5.41) is 0. The summed E-state index contributed by atoms with van der Waals surface area (Å²) in [5.74, 6) is 0. The van der Waals surface area contributed by atoms with Crippen molar-refractivity contribution >= 4 is 7.60 Å². The molecule has 0 fully saturated rings. The van der Waals surface area contributed by atoms with E-state index in [0.29, 0.717) is 0 Å². The van der Waals surface area contributed by atoms with Crippen LogP contribution in [0.15, 0.2) is 0 Å². The summed E-state index contributed by atoms with van der Waals surface area (Å²) in [6.45, 7) is 4.60. The van der Waals surface area contributed by atoms with E-state index in [1.807, 2.05) is 0 Å². The van der Waals surface area contributed by atoms with Crippen LogP contribution in [0.5, 0.6) is 0 Å². The Morgan fingerprint density at radius 2 is 1.89 bits per heavy atom. The second-order valence-corrected chi connectivity index (χ2v) is 3.77. The van der Waals surface area contributed by atoms with E-state index in [0.717, 1.165) is 0 Å². The van der Waals surface area contributed by atoms with Crippen LogP contribution in [0.3, 0.4) is 0 Å². The molecule has 0 aliphatic heterocycles. The van der Waals surface area contributed by atoms with Gasteiger partial charge in [-0.25, -0.2) is 0 Å². The molecular weight excluding hydrogens is 175 g/mol. The molecule has 0 aromatic rings. The van der Waals surface area contributed by atoms with Crippen LogP contribution in [0.1, 0.15) is 13.8 Å². The van der Waals surface area contributed by atoms with Gasteiger partial charge in [0.05, 0.1) is 6.10 Å². The van der Waals surface area contributed by atoms with Gasteiger partial charge >= 0.3 is 7.60 Å². The fraction of sp³-hybridized carbons (Fsp3) is 1.00. The zero-order chi connectivity index (χ0) is 6.78. The van der Waals surface area contributed by atoms with Gasteiger partial charge in [0.2, 0.25) is 0 Å². The molecule has 0 aliphatic rings. The van der Waals surface area contributed by atoms with Gasteiger partial charge in [0.1, 0.15) is 0 Å². The molecular formula is C4H11O3PTi. The first-order valence-electron chi connectivity index (χ1n) is 2.40. The Morgan fingerprint density at radius 3 is 1.89 bits per heavy atom. The average Bonchev–Trinajstić information content (AvgIpc) is 1.21. The summed E-state index contributed by atoms with van der Waals surface area (Å²) in [4.78, 5) is 8.52. The molecule has 0 rings (SSSR count). The molecule has 9 heavy (non-hydrogen) atoms. The first-order chi connectivity index (χ1) is 3.42. The predicted molar refractivity (Wildman–Crippen MR) is 32.0 cm³/mol. The summed E-state index contributed by atoms with van der Waals surface area (Å²) < 4.78 is 14.9. The normalized spacial score (nSPS) is 16.6. The maximum Gasteiger partial charge on any atom is 0.325 e. The van der Waals surface area contributed by atoms with E-state index in [-0.39, 0.29) is 27.8 Å². The second kappa shape index (κ2) is 4.64. The van der Waals surface area contributed by atoms with Crippen molar-refractivity contribution < 1.29 is 35.7 Å². The largest absolute Gasteiger partial charge is 0.325 e. The molecule has 0 spiro atoms. The third-order valence-corrected chi connectivity index (χ3v) is 1.22. The van der Waals surface area contributed by atoms with Crippen molar-refractivity contribution in [2.24, 2.45) is 0 Å². The molecule has 0 saturated carbocycles. The molecule has 54 valence electrons. The first-order valence-corrected chi connectivity index (χ1v) is 4.43. The van der Waals surface area contributed by atoms with Crippen LogP contribution in [-0.2, 0) is 30.8 Å². The number of hydrogen-bond donors (Lipinski definition) is 1. The quantitative estimate of drug-likeness (QED) is 0.520. The van der Waals surface area contributed by atoms with Gasteiger partial charge in [-0.05, 0) is 13.8 Å². The zero-order valence-corrected chi connectivity index (χ0v) is 8.24. The molecule has 1 unspecified atom stereocenters. The summed E-state index contributed by atoms with van der Waals surface area (Å²) in [7, 11) is -3.22. The van der Waals surface area contributed by atoms with E-state index < -0.39 is 7.60 Å². The van der Waals surface area contributed by atoms with E-state index in [1.165, 1.54) is 6.66 Å². The van der Waals surface area contributed by atoms with Crippen LogP contribution in [0.25, 0.3) is 0 Å². The Balaban J connectivity index is 0. The summed E-state index contributed by atoms with van der Waals surface area (Å²) in [6, 6.07) is 0. The van der Waals surface area contributed by atoms with E-state index in [9.17, 15) is 4.57 Å². The van der Waals surface area contributed by atoms with E-state index >= 15 is 0 Å². The molecule has 1 N–H and O–H groups in total. The van der Waals surface area contributed by atoms with Gasteiger partial charge in [0.25, 0.3) is 0 Å². The van der Waals surface area contributed by atoms with Gasteiger partial charge in [-0.3, -0.25) is 4.57 Å². The van der Waals surface area contributed by atoms with Crippen LogP contribution in [0.4, 0.5) is 0 Å². The van der Waals surface area contributed by atoms with Crippen LogP contribution in [0.2, 0.25) is 0 Å². The van der Waals surface area contributed by atoms with Crippen molar-refractivity contribution in [1.29, 1.82) is 0 Å². The van der Waals surface area contributed by atoms with Crippen molar-refractivity contribution in [3.8, 4) is 0 Å². The van der Waals surface area contributed by atoms with E-state index in [4.69, 9.17) is 4.89 Å². The SMILES string of the molecule is CC(C)OP(C)(=O)O.[Ti]. The summed E-state index contributed by atoms with van der Waals surface area (Å²) in [5.41, 5.74) is 0. The Kier molecular flexibility index (Phi) is 6.47. The minimum Gasteiger partial charge on any atom is -0.324 e. The first kappa shape index (κ1) is 12.5. The number of rotatable bonds is 2. The fourth-order valence-corrected chi connectivity index (χ4v) is 1.17. The molecule has 0 radical (unpaired) electrons. The molecule has 0 bridgehead atoms. The van der Waals surface area contributed by atoms with Gasteiger partial charge < -0.3 is 9.42 Å². The van der Waals surface area contributed by atoms with Crippen molar-refractivity contribution in [2.45, 2.75) is 20.0 Å². The van der Waals surface area contributed by atoms with Gasteiger partial charge in [0.15, 0.2) is 0 Å². The Hall–Kier alpha value is 0.864. The van der Waals surface area contributed by atoms with Gasteiger partial charge in [-0.15, -0.1) is 0 Å². The average molecular weight is 186 g/mol. The fourth-order valence-electron chi connectivity index (χ4n) is 0.391. The smallest absolute Gasteiger partial charge is 0.324 e. The van der Waals surface area contributed by atoms with Crippen molar-refractivity contribution in [2.75, 3.05) is 6.66 Å². The third kappa shape index (κ3) is 12.1. The van der Waals surface area contributed by atoms with Gasteiger partial charge in [-0.2, -0.15) is 0 Å². The number of hydrogen-bond acceptors (Lipinski definition) is 2. The Morgan fingerprint density at radius 1 is 1.56 bits per heavy atom. The van der Waals surface area contributed by atoms with Gasteiger partial charge in [0, 0.05) is 28.4 Å². The predicted octanol–water partition coefficient (Wildman–Crippen LogP) is 1.22. The monoisotopic (exact) mass is 186 g/mol. The maximum atomic E-state index is 10.4. The van der Waals surface area contributed by atoms with Gasteiger partial charge in [-0.1, -0.05) is 0 Å². The minimum absolute atomic E-state index is 0. The van der Waals surface area contributed by atoms with E-state index in [2.05, 4.69) is 4.52 Å². The summed E-state index contributed by atoms with van der Waals surface area (Å²) >= 11 is 0. The standard InChI is InChI=1S/C4H11O3P.Ti/c1-4(2)7-8(3,5)6;/h4H,1-3H3,(H,5,6);. The molecule has 5 heteroatoms. The van der Waals surface area contributed by atoms with Crippen molar-refractivity contribution in [3.05, 3.63) is 0 Å². The zero-order valence-electron chi connectivity index (χ0n) is 5.79. The molecule has 0 amide bonds. The molecule has 0 aromatic heterocycles. The molecule has 0 heterocycles. The topological polar surface area (TPSA) is 46.5 Å². The molecule has 0 aromatic carbocycles. The summed E-state index contributed by atoms with van der Waals surface area (Å²) in [6.07, 6.45) is -0.171. The molecule has 0 aliphatic carbocycles. The maximum absolute atomic E-state index is 10.4. The van der Waals surface area contributed by atoms with Crippen molar-refractivity contribution in [1.82, 2.24) is 0 Å². The second-order valence-electron chi connectivity index (χ2n) is 1.96. The van der Waals surface area contributed by atoms with E-state index in [1.54, 1.807) is 13.8 Å². The van der Waals surface area contributed by atoms with Crippen LogP contribution >= 0.6 is 7.60 Å². The van der Waals surface area contributed by atoms with Crippen LogP contribution in [0, 0.1) is 0 Å². The Bertz CT molecular complexity index is 108. The van der Waals surface area contributed by atoms with Crippen LogP contribution < -0.4 is 0 Å². The molecule has 1 atom stereocenters. The molecule has 0 saturated heterocycles. The van der Waals surface area contributed by atoms with Crippen molar-refractivity contribution in [3.63, 3.8) is 0 Å². The Labute approximate surface area is 70.2 Å².